The number of non-ortho nitro benzene ring substituents is 1. The SMILES string of the molecule is CC(C)(CNC(=O)Cn1ccc2cc([N+](=O)[O-])ccc21)c1ccccc1F. The van der Waals surface area contributed by atoms with Crippen molar-refractivity contribution >= 4 is 22.5 Å². The van der Waals surface area contributed by atoms with Crippen molar-refractivity contribution < 1.29 is 14.1 Å². The summed E-state index contributed by atoms with van der Waals surface area (Å²) in [5, 5.41) is 14.4. The molecule has 0 unspecified atom stereocenters. The van der Waals surface area contributed by atoms with Crippen LogP contribution in [0.2, 0.25) is 0 Å². The molecule has 3 aromatic rings. The molecule has 2 aromatic carbocycles. The molecule has 0 spiro atoms. The maximum absolute atomic E-state index is 14.0. The van der Waals surface area contributed by atoms with E-state index in [9.17, 15) is 19.3 Å². The average Bonchev–Trinajstić information content (AvgIpc) is 3.02. The Balaban J connectivity index is 1.68. The van der Waals surface area contributed by atoms with Crippen LogP contribution in [0.15, 0.2) is 54.7 Å². The lowest BCUT2D eigenvalue weighted by molar-refractivity contribution is -0.384. The number of carbonyl (C=O) groups is 1. The highest BCUT2D eigenvalue weighted by Crippen LogP contribution is 2.25. The number of nitro benzene ring substituents is 1. The van der Waals surface area contributed by atoms with Gasteiger partial charge in [0.1, 0.15) is 12.4 Å². The van der Waals surface area contributed by atoms with Gasteiger partial charge in [-0.15, -0.1) is 0 Å². The molecule has 0 aliphatic heterocycles. The van der Waals surface area contributed by atoms with Crippen molar-refractivity contribution in [3.63, 3.8) is 0 Å². The van der Waals surface area contributed by atoms with Crippen molar-refractivity contribution in [2.45, 2.75) is 25.8 Å². The molecular weight excluding hydrogens is 349 g/mol. The van der Waals surface area contributed by atoms with Crippen LogP contribution in [0.5, 0.6) is 0 Å². The standard InChI is InChI=1S/C20H20FN3O3/c1-20(2,16-5-3-4-6-17(16)21)13-22-19(25)12-23-10-9-14-11-15(24(26)27)7-8-18(14)23/h3-11H,12-13H2,1-2H3,(H,22,25). The minimum Gasteiger partial charge on any atom is -0.354 e. The molecule has 1 heterocycles. The monoisotopic (exact) mass is 369 g/mol. The zero-order valence-electron chi connectivity index (χ0n) is 15.1. The summed E-state index contributed by atoms with van der Waals surface area (Å²) in [6.07, 6.45) is 1.72. The normalized spacial score (nSPS) is 11.5. The molecule has 140 valence electrons. The van der Waals surface area contributed by atoms with Crippen molar-refractivity contribution in [1.82, 2.24) is 9.88 Å². The number of aromatic nitrogens is 1. The van der Waals surface area contributed by atoms with Gasteiger partial charge in [0, 0.05) is 41.2 Å². The van der Waals surface area contributed by atoms with Gasteiger partial charge < -0.3 is 9.88 Å². The zero-order valence-corrected chi connectivity index (χ0v) is 15.1. The van der Waals surface area contributed by atoms with Crippen molar-refractivity contribution in [2.24, 2.45) is 0 Å². The van der Waals surface area contributed by atoms with Crippen LogP contribution in [0.3, 0.4) is 0 Å². The van der Waals surface area contributed by atoms with Gasteiger partial charge in [0.25, 0.3) is 5.69 Å². The fourth-order valence-corrected chi connectivity index (χ4v) is 3.07. The van der Waals surface area contributed by atoms with E-state index >= 15 is 0 Å². The number of fused-ring (bicyclic) bond motifs is 1. The minimum atomic E-state index is -0.555. The molecule has 0 fully saturated rings. The van der Waals surface area contributed by atoms with Gasteiger partial charge in [0.2, 0.25) is 5.91 Å². The van der Waals surface area contributed by atoms with Crippen molar-refractivity contribution in [3.05, 3.63) is 76.2 Å². The molecule has 0 bridgehead atoms. The summed E-state index contributed by atoms with van der Waals surface area (Å²) in [5.41, 5.74) is 0.741. The number of rotatable bonds is 6. The summed E-state index contributed by atoms with van der Waals surface area (Å²) < 4.78 is 15.7. The van der Waals surface area contributed by atoms with E-state index in [1.165, 1.54) is 18.2 Å². The number of hydrogen-bond acceptors (Lipinski definition) is 3. The minimum absolute atomic E-state index is 0.0105. The largest absolute Gasteiger partial charge is 0.354 e. The molecule has 1 N–H and O–H groups in total. The summed E-state index contributed by atoms with van der Waals surface area (Å²) >= 11 is 0. The van der Waals surface area contributed by atoms with Gasteiger partial charge in [-0.1, -0.05) is 32.0 Å². The van der Waals surface area contributed by atoms with Crippen molar-refractivity contribution in [1.29, 1.82) is 0 Å². The molecule has 3 rings (SSSR count). The Hall–Kier alpha value is -3.22. The average molecular weight is 369 g/mol. The summed E-state index contributed by atoms with van der Waals surface area (Å²) in [6, 6.07) is 12.8. The van der Waals surface area contributed by atoms with Crippen LogP contribution in [0.4, 0.5) is 10.1 Å². The zero-order chi connectivity index (χ0) is 19.6. The topological polar surface area (TPSA) is 77.2 Å². The van der Waals surface area contributed by atoms with E-state index in [0.29, 0.717) is 10.9 Å². The van der Waals surface area contributed by atoms with E-state index in [1.54, 1.807) is 41.1 Å². The Morgan fingerprint density at radius 2 is 1.96 bits per heavy atom. The summed E-state index contributed by atoms with van der Waals surface area (Å²) in [7, 11) is 0. The van der Waals surface area contributed by atoms with Gasteiger partial charge >= 0.3 is 0 Å². The second kappa shape index (κ2) is 7.19. The first-order valence-corrected chi connectivity index (χ1v) is 8.53. The van der Waals surface area contributed by atoms with Gasteiger partial charge in [-0.3, -0.25) is 14.9 Å². The molecule has 1 aromatic heterocycles. The Morgan fingerprint density at radius 1 is 1.22 bits per heavy atom. The molecule has 6 nitrogen and oxygen atoms in total. The first-order chi connectivity index (χ1) is 12.8. The van der Waals surface area contributed by atoms with E-state index in [4.69, 9.17) is 0 Å². The maximum Gasteiger partial charge on any atom is 0.270 e. The number of halogens is 1. The number of hydrogen-bond donors (Lipinski definition) is 1. The predicted octanol–water partition coefficient (Wildman–Crippen LogP) is 3.78. The Kier molecular flexibility index (Phi) is 4.94. The first kappa shape index (κ1) is 18.6. The molecule has 1 amide bonds. The molecule has 0 radical (unpaired) electrons. The van der Waals surface area contributed by atoms with Gasteiger partial charge in [0.05, 0.1) is 4.92 Å². The fraction of sp³-hybridized carbons (Fsp3) is 0.250. The third kappa shape index (κ3) is 3.97. The number of nitro groups is 1. The van der Waals surface area contributed by atoms with Crippen LogP contribution in [0, 0.1) is 15.9 Å². The molecule has 0 saturated heterocycles. The van der Waals surface area contributed by atoms with E-state index < -0.39 is 10.3 Å². The second-order valence-electron chi connectivity index (χ2n) is 7.08. The summed E-state index contributed by atoms with van der Waals surface area (Å²) in [5.74, 6) is -0.509. The van der Waals surface area contributed by atoms with Gasteiger partial charge in [-0.25, -0.2) is 4.39 Å². The lowest BCUT2D eigenvalue weighted by Gasteiger charge is -2.26. The molecule has 0 aliphatic carbocycles. The van der Waals surface area contributed by atoms with Crippen LogP contribution in [0.25, 0.3) is 10.9 Å². The Morgan fingerprint density at radius 3 is 2.67 bits per heavy atom. The maximum atomic E-state index is 14.0. The summed E-state index contributed by atoms with van der Waals surface area (Å²) in [4.78, 5) is 22.8. The predicted molar refractivity (Wildman–Crippen MR) is 101 cm³/mol. The van der Waals surface area contributed by atoms with Crippen LogP contribution < -0.4 is 5.32 Å². The third-order valence-electron chi connectivity index (χ3n) is 4.61. The number of carbonyl (C=O) groups excluding carboxylic acids is 1. The first-order valence-electron chi connectivity index (χ1n) is 8.53. The van der Waals surface area contributed by atoms with Gasteiger partial charge in [0.15, 0.2) is 0 Å². The van der Waals surface area contributed by atoms with Gasteiger partial charge in [-0.2, -0.15) is 0 Å². The van der Waals surface area contributed by atoms with E-state index in [2.05, 4.69) is 5.32 Å². The van der Waals surface area contributed by atoms with Crippen molar-refractivity contribution in [2.75, 3.05) is 6.54 Å². The van der Waals surface area contributed by atoms with Crippen LogP contribution in [-0.4, -0.2) is 21.9 Å². The number of nitrogens with one attached hydrogen (secondary N) is 1. The van der Waals surface area contributed by atoms with Gasteiger partial charge in [-0.05, 0) is 23.8 Å². The molecule has 0 saturated carbocycles. The summed E-state index contributed by atoms with van der Waals surface area (Å²) in [6.45, 7) is 4.11. The second-order valence-corrected chi connectivity index (χ2v) is 7.08. The quantitative estimate of drug-likeness (QED) is 0.531. The van der Waals surface area contributed by atoms with Crippen LogP contribution >= 0.6 is 0 Å². The lowest BCUT2D eigenvalue weighted by atomic mass is 9.84. The molecule has 27 heavy (non-hydrogen) atoms. The Labute approximate surface area is 155 Å². The highest BCUT2D eigenvalue weighted by Gasteiger charge is 2.24. The lowest BCUT2D eigenvalue weighted by Crippen LogP contribution is -2.38. The molecule has 0 aliphatic rings. The highest BCUT2D eigenvalue weighted by atomic mass is 19.1. The Bertz CT molecular complexity index is 1010. The fourth-order valence-electron chi connectivity index (χ4n) is 3.07. The van der Waals surface area contributed by atoms with Crippen LogP contribution in [-0.2, 0) is 16.8 Å². The number of amides is 1. The van der Waals surface area contributed by atoms with E-state index in [1.807, 2.05) is 13.8 Å². The molecule has 0 atom stereocenters. The van der Waals surface area contributed by atoms with E-state index in [-0.39, 0.29) is 30.5 Å². The number of nitrogens with zero attached hydrogens (tertiary/aromatic N) is 2. The number of benzene rings is 2. The highest BCUT2D eigenvalue weighted by molar-refractivity contribution is 5.85. The molecule has 7 heteroatoms. The van der Waals surface area contributed by atoms with Crippen LogP contribution in [0.1, 0.15) is 19.4 Å². The third-order valence-corrected chi connectivity index (χ3v) is 4.61. The molecular formula is C20H20FN3O3. The van der Waals surface area contributed by atoms with E-state index in [0.717, 1.165) is 5.52 Å². The van der Waals surface area contributed by atoms with Crippen molar-refractivity contribution in [3.8, 4) is 0 Å². The smallest absolute Gasteiger partial charge is 0.270 e.